The van der Waals surface area contributed by atoms with Gasteiger partial charge in [-0.3, -0.25) is 0 Å². The van der Waals surface area contributed by atoms with Gasteiger partial charge >= 0.3 is 0 Å². The second-order valence-electron chi connectivity index (χ2n) is 0.844. The quantitative estimate of drug-likeness (QED) is 0.373. The van der Waals surface area contributed by atoms with E-state index in [4.69, 9.17) is 10.4 Å². The second-order valence-corrected chi connectivity index (χ2v) is 0.844. The van der Waals surface area contributed by atoms with Crippen molar-refractivity contribution < 1.29 is 10.4 Å². The molecule has 0 saturated heterocycles. The predicted molar refractivity (Wildman–Crippen MR) is 20.8 cm³/mol. The Labute approximate surface area is 36.0 Å². The van der Waals surface area contributed by atoms with Gasteiger partial charge in [0.1, 0.15) is 0 Å². The number of hydroxylamine groups is 2. The van der Waals surface area contributed by atoms with E-state index in [9.17, 15) is 0 Å². The average Bonchev–Trinajstić information content (AvgIpc) is 1.35. The van der Waals surface area contributed by atoms with Crippen molar-refractivity contribution in [2.24, 2.45) is 0 Å². The summed E-state index contributed by atoms with van der Waals surface area (Å²) in [6.07, 6.45) is 1.38. The fraction of sp³-hybridized carbons (Fsp3) is 0.333. The van der Waals surface area contributed by atoms with Crippen molar-refractivity contribution in [2.45, 2.75) is 0 Å². The molecule has 0 aliphatic heterocycles. The van der Waals surface area contributed by atoms with Crippen LogP contribution in [0.15, 0.2) is 12.7 Å². The van der Waals surface area contributed by atoms with E-state index in [1.807, 2.05) is 0 Å². The first kappa shape index (κ1) is 5.62. The molecule has 3 heteroatoms. The van der Waals surface area contributed by atoms with Crippen molar-refractivity contribution in [2.75, 3.05) is 6.54 Å². The molecule has 0 aromatic carbocycles. The lowest BCUT2D eigenvalue weighted by molar-refractivity contribution is -0.197. The largest absolute Gasteiger partial charge is 0.219 e. The van der Waals surface area contributed by atoms with E-state index >= 15 is 0 Å². The Kier molecular flexibility index (Phi) is 2.66. The number of hydrogen-bond acceptors (Lipinski definition) is 3. The molecule has 35 valence electrons. The highest BCUT2D eigenvalue weighted by Gasteiger charge is 1.97. The maximum atomic E-state index is 7.87. The Morgan fingerprint density at radius 1 is 1.67 bits per heavy atom. The summed E-state index contributed by atoms with van der Waals surface area (Å²) in [6.45, 7) is 3.32. The maximum Gasteiger partial charge on any atom is 0.219 e. The first-order chi connectivity index (χ1) is 2.77. The molecule has 0 saturated carbocycles. The highest BCUT2D eigenvalue weighted by atomic mass is 16.8. The van der Waals surface area contributed by atoms with Crippen LogP contribution in [0.1, 0.15) is 0 Å². The molecule has 1 radical (unpaired) electrons. The minimum Gasteiger partial charge on any atom is -0.124 e. The van der Waals surface area contributed by atoms with E-state index in [1.54, 1.807) is 0 Å². The Balaban J connectivity index is 2.81. The van der Waals surface area contributed by atoms with Gasteiger partial charge in [0.2, 0.25) is 6.54 Å². The summed E-state index contributed by atoms with van der Waals surface area (Å²) in [5, 5.41) is 15.8. The van der Waals surface area contributed by atoms with E-state index in [0.29, 0.717) is 0 Å². The lowest BCUT2D eigenvalue weighted by Gasteiger charge is -1.79. The standard InChI is InChI=1S/C3H7NO2/c1-2-3-4(5)6/h2,5-6H,1,3H2/q+1/i3+2. The lowest BCUT2D eigenvalue weighted by Crippen LogP contribution is -2.19. The van der Waals surface area contributed by atoms with Gasteiger partial charge in [-0.25, -0.2) is 0 Å². The van der Waals surface area contributed by atoms with Gasteiger partial charge in [-0.2, -0.15) is 0 Å². The molecule has 0 spiro atoms. The van der Waals surface area contributed by atoms with E-state index in [1.165, 1.54) is 6.08 Å². The maximum absolute atomic E-state index is 7.87. The fourth-order valence-corrected chi connectivity index (χ4v) is 0.115. The van der Waals surface area contributed by atoms with Gasteiger partial charge < -0.3 is 0 Å². The third-order valence-electron chi connectivity index (χ3n) is 0.292. The van der Waals surface area contributed by atoms with Crippen LogP contribution in [0.2, 0.25) is 0 Å². The Morgan fingerprint density at radius 3 is 2.17 bits per heavy atom. The molecule has 0 aromatic rings. The van der Waals surface area contributed by atoms with Crippen LogP contribution in [-0.4, -0.2) is 17.0 Å². The number of nitrogens with zero attached hydrogens (tertiary/aromatic N) is 1. The highest BCUT2D eigenvalue weighted by Crippen LogP contribution is 1.63. The Bertz CT molecular complexity index is 44.1. The molecule has 0 heterocycles. The van der Waals surface area contributed by atoms with Gasteiger partial charge in [0.15, 0.2) is 5.23 Å². The summed E-state index contributed by atoms with van der Waals surface area (Å²) in [5.41, 5.74) is 0. The molecule has 3 nitrogen and oxygen atoms in total. The van der Waals surface area contributed by atoms with Crippen molar-refractivity contribution in [3.05, 3.63) is 12.7 Å². The average molecular weight is 91.1 g/mol. The molecule has 0 fully saturated rings. The first-order valence-electron chi connectivity index (χ1n) is 1.53. The normalized spacial score (nSPS) is 9.17. The zero-order chi connectivity index (χ0) is 4.99. The summed E-state index contributed by atoms with van der Waals surface area (Å²) in [6, 6.07) is 0. The van der Waals surface area contributed by atoms with Crippen molar-refractivity contribution in [1.82, 2.24) is 5.23 Å². The fourth-order valence-electron chi connectivity index (χ4n) is 0.115. The summed E-state index contributed by atoms with van der Waals surface area (Å²) in [7, 11) is 0. The van der Waals surface area contributed by atoms with Crippen molar-refractivity contribution >= 4 is 0 Å². The molecule has 0 aromatic heterocycles. The van der Waals surface area contributed by atoms with Gasteiger partial charge in [0.25, 0.3) is 0 Å². The third kappa shape index (κ3) is 3.62. The molecule has 0 atom stereocenters. The first-order valence-corrected chi connectivity index (χ1v) is 1.53. The summed E-state index contributed by atoms with van der Waals surface area (Å²) in [5.74, 6) is 0. The van der Waals surface area contributed by atoms with Crippen LogP contribution < -0.4 is 5.23 Å². The minimum absolute atomic E-state index is 0.0625. The van der Waals surface area contributed by atoms with Crippen LogP contribution in [0.25, 0.3) is 0 Å². The summed E-state index contributed by atoms with van der Waals surface area (Å²) >= 11 is 0. The van der Waals surface area contributed by atoms with Crippen molar-refractivity contribution in [3.8, 4) is 0 Å². The van der Waals surface area contributed by atoms with Crippen LogP contribution in [0.3, 0.4) is 0 Å². The summed E-state index contributed by atoms with van der Waals surface area (Å²) < 4.78 is 0. The molecule has 2 N–H and O–H groups in total. The second kappa shape index (κ2) is 2.84. The minimum atomic E-state index is 0.0625. The van der Waals surface area contributed by atoms with E-state index < -0.39 is 0 Å². The molecule has 0 bridgehead atoms. The summed E-state index contributed by atoms with van der Waals surface area (Å²) in [4.78, 5) is 0. The van der Waals surface area contributed by atoms with Gasteiger partial charge in [0.05, 0.1) is 0 Å². The Morgan fingerprint density at radius 2 is 2.17 bits per heavy atom. The molecular weight excluding hydrogens is 84.0 g/mol. The topological polar surface area (TPSA) is 46.4 Å². The van der Waals surface area contributed by atoms with Crippen LogP contribution in [0, 0.1) is 0 Å². The van der Waals surface area contributed by atoms with Crippen molar-refractivity contribution in [1.29, 1.82) is 0 Å². The zero-order valence-corrected chi connectivity index (χ0v) is 3.33. The van der Waals surface area contributed by atoms with Crippen LogP contribution >= 0.6 is 0 Å². The molecule has 0 unspecified atom stereocenters. The molecule has 0 aliphatic rings. The highest BCUT2D eigenvalue weighted by molar-refractivity contribution is 4.66. The van der Waals surface area contributed by atoms with Gasteiger partial charge in [0, 0.05) is 0 Å². The molecule has 0 amide bonds. The van der Waals surface area contributed by atoms with E-state index in [0.717, 1.165) is 0 Å². The molecule has 6 heavy (non-hydrogen) atoms. The molecule has 0 rings (SSSR count). The zero-order valence-electron chi connectivity index (χ0n) is 3.33. The van der Waals surface area contributed by atoms with E-state index in [-0.39, 0.29) is 11.8 Å². The van der Waals surface area contributed by atoms with Gasteiger partial charge in [-0.05, 0) is 6.08 Å². The van der Waals surface area contributed by atoms with Crippen molar-refractivity contribution in [3.63, 3.8) is 0 Å². The Hall–Kier alpha value is -0.380. The third-order valence-corrected chi connectivity index (χ3v) is 0.292. The van der Waals surface area contributed by atoms with Gasteiger partial charge in [-0.1, -0.05) is 6.58 Å². The van der Waals surface area contributed by atoms with Crippen LogP contribution in [0.4, 0.5) is 0 Å². The SMILES string of the molecule is C=C[14CH2][N+](O)O. The number of rotatable bonds is 2. The number of hydrogen-bond donors (Lipinski definition) is 2. The monoisotopic (exact) mass is 91.1 g/mol. The predicted octanol–water partition coefficient (Wildman–Crippen LogP) is 0.0909. The van der Waals surface area contributed by atoms with E-state index in [2.05, 4.69) is 6.58 Å². The smallest absolute Gasteiger partial charge is 0.124 e. The molecular formula is C3H7NO2+. The molecule has 0 aliphatic carbocycles. The van der Waals surface area contributed by atoms with Crippen LogP contribution in [0.5, 0.6) is 0 Å². The van der Waals surface area contributed by atoms with Crippen LogP contribution in [-0.2, 0) is 0 Å². The van der Waals surface area contributed by atoms with Gasteiger partial charge in [-0.15, -0.1) is 10.4 Å². The lowest BCUT2D eigenvalue weighted by atomic mass is 11.1.